The number of aryl methyl sites for hydroxylation is 1. The first kappa shape index (κ1) is 15.6. The van der Waals surface area contributed by atoms with E-state index in [4.69, 9.17) is 0 Å². The number of benzene rings is 1. The Bertz CT molecular complexity index is 724. The number of carbonyl (C=O) groups excluding carboxylic acids is 1. The minimum atomic E-state index is 0.113. The van der Waals surface area contributed by atoms with Crippen LogP contribution in [0, 0.1) is 6.92 Å². The van der Waals surface area contributed by atoms with Gasteiger partial charge in [-0.2, -0.15) is 0 Å². The van der Waals surface area contributed by atoms with E-state index < -0.39 is 0 Å². The van der Waals surface area contributed by atoms with E-state index >= 15 is 0 Å². The highest BCUT2D eigenvalue weighted by Gasteiger charge is 2.26. The van der Waals surface area contributed by atoms with Crippen LogP contribution < -0.4 is 0 Å². The molecule has 3 heteroatoms. The number of amides is 1. The maximum atomic E-state index is 12.8. The van der Waals surface area contributed by atoms with Crippen molar-refractivity contribution in [3.8, 4) is 0 Å². The normalized spacial score (nSPS) is 18.0. The van der Waals surface area contributed by atoms with Crippen LogP contribution in [0.5, 0.6) is 0 Å². The van der Waals surface area contributed by atoms with Crippen molar-refractivity contribution < 1.29 is 4.79 Å². The Labute approximate surface area is 138 Å². The number of carbonyl (C=O) groups is 1. The molecule has 2 aromatic rings. The molecular formula is C20H24N2O. The molecule has 2 heterocycles. The Hall–Kier alpha value is -2.29. The van der Waals surface area contributed by atoms with Gasteiger partial charge in [-0.25, -0.2) is 0 Å². The van der Waals surface area contributed by atoms with Crippen LogP contribution in [0.2, 0.25) is 0 Å². The van der Waals surface area contributed by atoms with E-state index in [1.807, 2.05) is 11.0 Å². The number of hydrogen-bond acceptors (Lipinski definition) is 1. The average Bonchev–Trinajstić information content (AvgIpc) is 3.03. The molecule has 120 valence electrons. The molecule has 1 atom stereocenters. The van der Waals surface area contributed by atoms with Gasteiger partial charge in [-0.05, 0) is 43.5 Å². The second-order valence-electron chi connectivity index (χ2n) is 6.22. The summed E-state index contributed by atoms with van der Waals surface area (Å²) >= 11 is 0. The number of aromatic nitrogens is 1. The van der Waals surface area contributed by atoms with Crippen LogP contribution >= 0.6 is 0 Å². The molecule has 3 nitrogen and oxygen atoms in total. The van der Waals surface area contributed by atoms with Crippen LogP contribution in [0.15, 0.2) is 48.7 Å². The monoisotopic (exact) mass is 308 g/mol. The molecule has 0 fully saturated rings. The molecule has 0 spiro atoms. The summed E-state index contributed by atoms with van der Waals surface area (Å²) in [6.07, 6.45) is 4.76. The summed E-state index contributed by atoms with van der Waals surface area (Å²) in [5, 5.41) is 0. The second kappa shape index (κ2) is 6.45. The average molecular weight is 308 g/mol. The molecule has 0 saturated carbocycles. The van der Waals surface area contributed by atoms with Gasteiger partial charge >= 0.3 is 0 Å². The molecule has 0 bridgehead atoms. The van der Waals surface area contributed by atoms with Gasteiger partial charge < -0.3 is 9.47 Å². The topological polar surface area (TPSA) is 25.2 Å². The van der Waals surface area contributed by atoms with Gasteiger partial charge in [0.2, 0.25) is 5.91 Å². The Kier molecular flexibility index (Phi) is 4.37. The molecule has 0 aliphatic carbocycles. The van der Waals surface area contributed by atoms with Gasteiger partial charge in [-0.3, -0.25) is 4.79 Å². The Morgan fingerprint density at radius 1 is 1.22 bits per heavy atom. The Morgan fingerprint density at radius 2 is 1.96 bits per heavy atom. The fraction of sp³-hybridized carbons (Fsp3) is 0.350. The lowest BCUT2D eigenvalue weighted by molar-refractivity contribution is -0.129. The van der Waals surface area contributed by atoms with Gasteiger partial charge in [0.05, 0.1) is 6.04 Å². The van der Waals surface area contributed by atoms with Crippen molar-refractivity contribution in [1.29, 1.82) is 0 Å². The highest BCUT2D eigenvalue weighted by molar-refractivity contribution is 5.95. The van der Waals surface area contributed by atoms with Crippen molar-refractivity contribution in [2.75, 3.05) is 6.54 Å². The highest BCUT2D eigenvalue weighted by atomic mass is 16.2. The molecule has 0 unspecified atom stereocenters. The van der Waals surface area contributed by atoms with Crippen molar-refractivity contribution in [3.05, 3.63) is 65.5 Å². The van der Waals surface area contributed by atoms with Crippen LogP contribution in [-0.4, -0.2) is 21.9 Å². The quantitative estimate of drug-likeness (QED) is 0.780. The molecule has 3 rings (SSSR count). The zero-order chi connectivity index (χ0) is 16.4. The van der Waals surface area contributed by atoms with Gasteiger partial charge in [0.1, 0.15) is 0 Å². The molecule has 0 radical (unpaired) electrons. The first-order chi connectivity index (χ1) is 11.1. The lowest BCUT2D eigenvalue weighted by atomic mass is 10.0. The number of allylic oxidation sites excluding steroid dienone is 1. The van der Waals surface area contributed by atoms with Gasteiger partial charge in [0, 0.05) is 31.1 Å². The summed E-state index contributed by atoms with van der Waals surface area (Å²) in [6, 6.07) is 12.7. The number of fused-ring (bicyclic) bond motifs is 1. The molecule has 23 heavy (non-hydrogen) atoms. The van der Waals surface area contributed by atoms with Crippen LogP contribution in [-0.2, 0) is 11.3 Å². The largest absolute Gasteiger partial charge is 0.348 e. The maximum absolute atomic E-state index is 12.8. The van der Waals surface area contributed by atoms with Crippen LogP contribution in [0.25, 0.3) is 5.57 Å². The minimum absolute atomic E-state index is 0.113. The van der Waals surface area contributed by atoms with Crippen molar-refractivity contribution in [1.82, 2.24) is 9.47 Å². The first-order valence-corrected chi connectivity index (χ1v) is 8.33. The first-order valence-electron chi connectivity index (χ1n) is 8.33. The Balaban J connectivity index is 1.83. The lowest BCUT2D eigenvalue weighted by Crippen LogP contribution is -2.39. The number of rotatable bonds is 3. The van der Waals surface area contributed by atoms with Gasteiger partial charge in [0.15, 0.2) is 0 Å². The fourth-order valence-electron chi connectivity index (χ4n) is 3.27. The SMILES string of the molecule is CC/C(=C\C(=O)N1CCn2cccc2[C@@H]1C)c1ccc(C)cc1. The van der Waals surface area contributed by atoms with Crippen molar-refractivity contribution in [3.63, 3.8) is 0 Å². The fourth-order valence-corrected chi connectivity index (χ4v) is 3.27. The molecule has 1 amide bonds. The summed E-state index contributed by atoms with van der Waals surface area (Å²) < 4.78 is 2.23. The predicted molar refractivity (Wildman–Crippen MR) is 94.0 cm³/mol. The smallest absolute Gasteiger partial charge is 0.247 e. The Morgan fingerprint density at radius 3 is 2.65 bits per heavy atom. The van der Waals surface area contributed by atoms with Crippen molar-refractivity contribution in [2.24, 2.45) is 0 Å². The summed E-state index contributed by atoms with van der Waals surface area (Å²) in [4.78, 5) is 14.8. The zero-order valence-electron chi connectivity index (χ0n) is 14.1. The van der Waals surface area contributed by atoms with E-state index in [-0.39, 0.29) is 11.9 Å². The van der Waals surface area contributed by atoms with E-state index in [0.29, 0.717) is 0 Å². The summed E-state index contributed by atoms with van der Waals surface area (Å²) in [7, 11) is 0. The van der Waals surface area contributed by atoms with E-state index in [9.17, 15) is 4.79 Å². The zero-order valence-corrected chi connectivity index (χ0v) is 14.1. The van der Waals surface area contributed by atoms with Crippen LogP contribution in [0.4, 0.5) is 0 Å². The molecule has 1 aliphatic rings. The van der Waals surface area contributed by atoms with Gasteiger partial charge in [0.25, 0.3) is 0 Å². The third-order valence-electron chi connectivity index (χ3n) is 4.73. The van der Waals surface area contributed by atoms with Crippen LogP contribution in [0.3, 0.4) is 0 Å². The van der Waals surface area contributed by atoms with E-state index in [1.54, 1.807) is 0 Å². The van der Waals surface area contributed by atoms with E-state index in [0.717, 1.165) is 30.6 Å². The summed E-state index contributed by atoms with van der Waals surface area (Å²) in [5.74, 6) is 0.113. The predicted octanol–water partition coefficient (Wildman–Crippen LogP) is 4.19. The summed E-state index contributed by atoms with van der Waals surface area (Å²) in [5.41, 5.74) is 4.69. The molecule has 1 aromatic carbocycles. The lowest BCUT2D eigenvalue weighted by Gasteiger charge is -2.34. The van der Waals surface area contributed by atoms with Crippen molar-refractivity contribution >= 4 is 11.5 Å². The maximum Gasteiger partial charge on any atom is 0.247 e. The highest BCUT2D eigenvalue weighted by Crippen LogP contribution is 2.27. The summed E-state index contributed by atoms with van der Waals surface area (Å²) in [6.45, 7) is 7.92. The molecule has 0 N–H and O–H groups in total. The second-order valence-corrected chi connectivity index (χ2v) is 6.22. The number of hydrogen-bond donors (Lipinski definition) is 0. The van der Waals surface area contributed by atoms with Gasteiger partial charge in [-0.1, -0.05) is 36.8 Å². The third kappa shape index (κ3) is 3.09. The number of nitrogens with zero attached hydrogens (tertiary/aromatic N) is 2. The molecule has 1 aromatic heterocycles. The van der Waals surface area contributed by atoms with Crippen LogP contribution in [0.1, 0.15) is 43.1 Å². The standard InChI is InChI=1S/C20H24N2O/c1-4-17(18-9-7-15(2)8-10-18)14-20(23)22-13-12-21-11-5-6-19(21)16(22)3/h5-11,14,16H,4,12-13H2,1-3H3/b17-14+/t16-/m0/s1. The van der Waals surface area contributed by atoms with E-state index in [1.165, 1.54) is 11.3 Å². The molecule has 0 saturated heterocycles. The van der Waals surface area contributed by atoms with E-state index in [2.05, 4.69) is 67.9 Å². The molecule has 1 aliphatic heterocycles. The van der Waals surface area contributed by atoms with Crippen molar-refractivity contribution in [2.45, 2.75) is 39.8 Å². The molecular weight excluding hydrogens is 284 g/mol. The third-order valence-corrected chi connectivity index (χ3v) is 4.73. The van der Waals surface area contributed by atoms with Gasteiger partial charge in [-0.15, -0.1) is 0 Å². The minimum Gasteiger partial charge on any atom is -0.348 e.